The third-order valence-electron chi connectivity index (χ3n) is 3.48. The minimum atomic E-state index is 0.328. The predicted molar refractivity (Wildman–Crippen MR) is 69.6 cm³/mol. The molecule has 0 bridgehead atoms. The standard InChI is InChI=1S/C14H18N2O/c1-10-9-16(2)14-7-11(3-4-13(10)14)17-12-5-6-15-8-12/h3-4,7,9,12,15H,5-6,8H2,1-2H3. The average Bonchev–Trinajstić information content (AvgIpc) is 2.89. The van der Waals surface area contributed by atoms with Gasteiger partial charge in [0.25, 0.3) is 0 Å². The molecule has 17 heavy (non-hydrogen) atoms. The number of ether oxygens (including phenoxy) is 1. The zero-order chi connectivity index (χ0) is 11.8. The molecule has 2 aromatic rings. The number of nitrogens with zero attached hydrogens (tertiary/aromatic N) is 1. The second kappa shape index (κ2) is 4.08. The first kappa shape index (κ1) is 10.7. The molecule has 1 fully saturated rings. The summed E-state index contributed by atoms with van der Waals surface area (Å²) in [6.45, 7) is 4.17. The van der Waals surface area contributed by atoms with Crippen molar-refractivity contribution in [3.05, 3.63) is 30.0 Å². The number of rotatable bonds is 2. The normalized spacial score (nSPS) is 20.0. The summed E-state index contributed by atoms with van der Waals surface area (Å²) in [5.74, 6) is 0.979. The van der Waals surface area contributed by atoms with Crippen molar-refractivity contribution in [3.63, 3.8) is 0 Å². The monoisotopic (exact) mass is 230 g/mol. The second-order valence-electron chi connectivity index (χ2n) is 4.83. The molecule has 3 heteroatoms. The third-order valence-corrected chi connectivity index (χ3v) is 3.48. The predicted octanol–water partition coefficient (Wildman–Crippen LogP) is 2.23. The van der Waals surface area contributed by atoms with Crippen molar-refractivity contribution in [2.45, 2.75) is 19.4 Å². The van der Waals surface area contributed by atoms with Gasteiger partial charge in [0.05, 0.1) is 5.52 Å². The van der Waals surface area contributed by atoms with Crippen LogP contribution in [0.3, 0.4) is 0 Å². The molecule has 0 aliphatic carbocycles. The number of aromatic nitrogens is 1. The Kier molecular flexibility index (Phi) is 2.56. The molecule has 90 valence electrons. The van der Waals surface area contributed by atoms with Crippen molar-refractivity contribution >= 4 is 10.9 Å². The summed E-state index contributed by atoms with van der Waals surface area (Å²) < 4.78 is 8.13. The van der Waals surface area contributed by atoms with Gasteiger partial charge in [-0.2, -0.15) is 0 Å². The van der Waals surface area contributed by atoms with Crippen molar-refractivity contribution in [2.75, 3.05) is 13.1 Å². The maximum atomic E-state index is 5.97. The molecule has 1 aliphatic heterocycles. The minimum absolute atomic E-state index is 0.328. The van der Waals surface area contributed by atoms with Crippen molar-refractivity contribution in [3.8, 4) is 5.75 Å². The number of hydrogen-bond acceptors (Lipinski definition) is 2. The van der Waals surface area contributed by atoms with Gasteiger partial charge in [-0.3, -0.25) is 0 Å². The highest BCUT2D eigenvalue weighted by molar-refractivity contribution is 5.84. The van der Waals surface area contributed by atoms with E-state index < -0.39 is 0 Å². The van der Waals surface area contributed by atoms with Crippen molar-refractivity contribution in [2.24, 2.45) is 7.05 Å². The molecule has 2 heterocycles. The summed E-state index contributed by atoms with van der Waals surface area (Å²) in [7, 11) is 2.08. The lowest BCUT2D eigenvalue weighted by molar-refractivity contribution is 0.223. The molecule has 3 nitrogen and oxygen atoms in total. The summed E-state index contributed by atoms with van der Waals surface area (Å²) in [4.78, 5) is 0. The fourth-order valence-corrected chi connectivity index (χ4v) is 2.56. The van der Waals surface area contributed by atoms with E-state index in [9.17, 15) is 0 Å². The van der Waals surface area contributed by atoms with Gasteiger partial charge in [-0.05, 0) is 37.6 Å². The molecule has 1 saturated heterocycles. The van der Waals surface area contributed by atoms with Crippen molar-refractivity contribution in [1.82, 2.24) is 9.88 Å². The van der Waals surface area contributed by atoms with Gasteiger partial charge in [-0.1, -0.05) is 0 Å². The van der Waals surface area contributed by atoms with Gasteiger partial charge in [0.1, 0.15) is 11.9 Å². The number of aryl methyl sites for hydroxylation is 2. The Labute approximate surface area is 101 Å². The molecule has 0 radical (unpaired) electrons. The first-order chi connectivity index (χ1) is 8.24. The van der Waals surface area contributed by atoms with Crippen LogP contribution in [0.1, 0.15) is 12.0 Å². The molecular weight excluding hydrogens is 212 g/mol. The van der Waals surface area contributed by atoms with Gasteiger partial charge < -0.3 is 14.6 Å². The van der Waals surface area contributed by atoms with Crippen LogP contribution in [-0.4, -0.2) is 23.8 Å². The van der Waals surface area contributed by atoms with Crippen LogP contribution in [0.4, 0.5) is 0 Å². The summed E-state index contributed by atoms with van der Waals surface area (Å²) in [6, 6.07) is 6.37. The molecule has 1 aromatic heterocycles. The van der Waals surface area contributed by atoms with E-state index in [1.54, 1.807) is 0 Å². The highest BCUT2D eigenvalue weighted by Crippen LogP contribution is 2.25. The number of benzene rings is 1. The lowest BCUT2D eigenvalue weighted by Gasteiger charge is -2.12. The maximum Gasteiger partial charge on any atom is 0.121 e. The highest BCUT2D eigenvalue weighted by Gasteiger charge is 2.16. The average molecular weight is 230 g/mol. The van der Waals surface area contributed by atoms with E-state index in [0.717, 1.165) is 25.3 Å². The van der Waals surface area contributed by atoms with Crippen LogP contribution < -0.4 is 10.1 Å². The van der Waals surface area contributed by atoms with E-state index in [1.165, 1.54) is 16.5 Å². The van der Waals surface area contributed by atoms with Crippen LogP contribution in [-0.2, 0) is 7.05 Å². The topological polar surface area (TPSA) is 26.2 Å². The smallest absolute Gasteiger partial charge is 0.121 e. The first-order valence-electron chi connectivity index (χ1n) is 6.17. The fourth-order valence-electron chi connectivity index (χ4n) is 2.56. The van der Waals surface area contributed by atoms with Gasteiger partial charge >= 0.3 is 0 Å². The van der Waals surface area contributed by atoms with Gasteiger partial charge in [-0.25, -0.2) is 0 Å². The largest absolute Gasteiger partial charge is 0.489 e. The number of fused-ring (bicyclic) bond motifs is 1. The first-order valence-corrected chi connectivity index (χ1v) is 6.17. The molecular formula is C14H18N2O. The van der Waals surface area contributed by atoms with Crippen LogP contribution in [0.15, 0.2) is 24.4 Å². The molecule has 1 unspecified atom stereocenters. The van der Waals surface area contributed by atoms with Crippen molar-refractivity contribution < 1.29 is 4.74 Å². The van der Waals surface area contributed by atoms with E-state index in [2.05, 4.69) is 48.3 Å². The number of hydrogen-bond donors (Lipinski definition) is 1. The molecule has 1 atom stereocenters. The zero-order valence-corrected chi connectivity index (χ0v) is 10.4. The summed E-state index contributed by atoms with van der Waals surface area (Å²) >= 11 is 0. The van der Waals surface area contributed by atoms with Crippen LogP contribution in [0.5, 0.6) is 5.75 Å². The van der Waals surface area contributed by atoms with Crippen LogP contribution in [0.25, 0.3) is 10.9 Å². The SMILES string of the molecule is Cc1cn(C)c2cc(OC3CCNC3)ccc12. The Morgan fingerprint density at radius 1 is 1.41 bits per heavy atom. The van der Waals surface area contributed by atoms with E-state index in [4.69, 9.17) is 4.74 Å². The Bertz CT molecular complexity index is 538. The third kappa shape index (κ3) is 1.91. The maximum absolute atomic E-state index is 5.97. The van der Waals surface area contributed by atoms with E-state index in [-0.39, 0.29) is 0 Å². The second-order valence-corrected chi connectivity index (χ2v) is 4.83. The van der Waals surface area contributed by atoms with Crippen LogP contribution >= 0.6 is 0 Å². The van der Waals surface area contributed by atoms with Gasteiger partial charge in [-0.15, -0.1) is 0 Å². The van der Waals surface area contributed by atoms with Gasteiger partial charge in [0.2, 0.25) is 0 Å². The van der Waals surface area contributed by atoms with E-state index >= 15 is 0 Å². The molecule has 1 N–H and O–H groups in total. The Balaban J connectivity index is 1.92. The summed E-state index contributed by atoms with van der Waals surface area (Å²) in [5.41, 5.74) is 2.56. The molecule has 0 spiro atoms. The van der Waals surface area contributed by atoms with Crippen LogP contribution in [0, 0.1) is 6.92 Å². The molecule has 3 rings (SSSR count). The van der Waals surface area contributed by atoms with E-state index in [0.29, 0.717) is 6.10 Å². The van der Waals surface area contributed by atoms with Crippen LogP contribution in [0.2, 0.25) is 0 Å². The molecule has 0 amide bonds. The lowest BCUT2D eigenvalue weighted by atomic mass is 10.2. The zero-order valence-electron chi connectivity index (χ0n) is 10.4. The Morgan fingerprint density at radius 2 is 2.29 bits per heavy atom. The van der Waals surface area contributed by atoms with Gasteiger partial charge in [0.15, 0.2) is 0 Å². The molecule has 0 saturated carbocycles. The van der Waals surface area contributed by atoms with Crippen molar-refractivity contribution in [1.29, 1.82) is 0 Å². The Hall–Kier alpha value is -1.48. The summed E-state index contributed by atoms with van der Waals surface area (Å²) in [5, 5.41) is 4.62. The quantitative estimate of drug-likeness (QED) is 0.856. The summed E-state index contributed by atoms with van der Waals surface area (Å²) in [6.07, 6.45) is 3.59. The highest BCUT2D eigenvalue weighted by atomic mass is 16.5. The lowest BCUT2D eigenvalue weighted by Crippen LogP contribution is -2.19. The minimum Gasteiger partial charge on any atom is -0.489 e. The van der Waals surface area contributed by atoms with Gasteiger partial charge in [0, 0.05) is 31.2 Å². The number of nitrogens with one attached hydrogen (secondary N) is 1. The Morgan fingerprint density at radius 3 is 3.06 bits per heavy atom. The van der Waals surface area contributed by atoms with E-state index in [1.807, 2.05) is 0 Å². The molecule has 1 aliphatic rings. The fraction of sp³-hybridized carbons (Fsp3) is 0.429. The molecule has 1 aromatic carbocycles.